The number of hydrogen-bond donors (Lipinski definition) is 2. The average Bonchev–Trinajstić information content (AvgIpc) is 2.67. The Kier molecular flexibility index (Phi) is 5.49. The summed E-state index contributed by atoms with van der Waals surface area (Å²) in [6.45, 7) is 4.35. The standard InChI is InChI=1S/C20H21FN4O2/c1-3-25(20(27)22-11-14-9-8-13(2)16(21)10-14)12-18-23-17-7-5-4-6-15(17)19(26)24-18/h4-10H,3,11-12H2,1-2H3,(H,22,27)(H,23,24,26). The number of benzene rings is 2. The molecule has 2 amide bonds. The van der Waals surface area contributed by atoms with Crippen molar-refractivity contribution in [2.75, 3.05) is 6.54 Å². The number of carbonyl (C=O) groups is 1. The molecule has 27 heavy (non-hydrogen) atoms. The summed E-state index contributed by atoms with van der Waals surface area (Å²) in [6, 6.07) is 11.6. The Morgan fingerprint density at radius 2 is 2.04 bits per heavy atom. The number of urea groups is 1. The lowest BCUT2D eigenvalue weighted by Crippen LogP contribution is -2.39. The molecule has 3 rings (SSSR count). The highest BCUT2D eigenvalue weighted by Gasteiger charge is 2.14. The number of nitrogens with zero attached hydrogens (tertiary/aromatic N) is 2. The maximum Gasteiger partial charge on any atom is 0.318 e. The summed E-state index contributed by atoms with van der Waals surface area (Å²) < 4.78 is 13.6. The van der Waals surface area contributed by atoms with Crippen LogP contribution >= 0.6 is 0 Å². The Labute approximate surface area is 156 Å². The molecule has 2 aromatic carbocycles. The van der Waals surface area contributed by atoms with Crippen LogP contribution in [0.1, 0.15) is 23.9 Å². The molecule has 0 aliphatic heterocycles. The smallest absolute Gasteiger partial charge is 0.318 e. The van der Waals surface area contributed by atoms with Crippen molar-refractivity contribution in [3.8, 4) is 0 Å². The van der Waals surface area contributed by atoms with Gasteiger partial charge in [0.25, 0.3) is 5.56 Å². The predicted molar refractivity (Wildman–Crippen MR) is 102 cm³/mol. The topological polar surface area (TPSA) is 78.1 Å². The fourth-order valence-electron chi connectivity index (χ4n) is 2.75. The van der Waals surface area contributed by atoms with E-state index in [1.54, 1.807) is 37.3 Å². The first kappa shape index (κ1) is 18.6. The number of rotatable bonds is 5. The van der Waals surface area contributed by atoms with Gasteiger partial charge in [-0.05, 0) is 43.2 Å². The Bertz CT molecular complexity index is 1030. The largest absolute Gasteiger partial charge is 0.334 e. The zero-order valence-electron chi connectivity index (χ0n) is 15.3. The van der Waals surface area contributed by atoms with E-state index in [9.17, 15) is 14.0 Å². The second kappa shape index (κ2) is 7.99. The molecule has 2 N–H and O–H groups in total. The van der Waals surface area contributed by atoms with Crippen molar-refractivity contribution in [3.05, 3.63) is 75.6 Å². The number of aromatic amines is 1. The molecule has 0 saturated carbocycles. The van der Waals surface area contributed by atoms with Crippen molar-refractivity contribution >= 4 is 16.9 Å². The molecule has 0 bridgehead atoms. The van der Waals surface area contributed by atoms with E-state index in [1.165, 1.54) is 11.0 Å². The van der Waals surface area contributed by atoms with Crippen molar-refractivity contribution in [2.24, 2.45) is 0 Å². The minimum absolute atomic E-state index is 0.171. The lowest BCUT2D eigenvalue weighted by atomic mass is 10.1. The van der Waals surface area contributed by atoms with Gasteiger partial charge in [0.2, 0.25) is 0 Å². The van der Waals surface area contributed by atoms with E-state index in [2.05, 4.69) is 15.3 Å². The van der Waals surface area contributed by atoms with Crippen LogP contribution < -0.4 is 10.9 Å². The summed E-state index contributed by atoms with van der Waals surface area (Å²) in [5.41, 5.74) is 1.59. The predicted octanol–water partition coefficient (Wildman–Crippen LogP) is 3.10. The molecular formula is C20H21FN4O2. The summed E-state index contributed by atoms with van der Waals surface area (Å²) >= 11 is 0. The molecule has 7 heteroatoms. The van der Waals surface area contributed by atoms with Gasteiger partial charge in [0.05, 0.1) is 17.4 Å². The average molecular weight is 368 g/mol. The van der Waals surface area contributed by atoms with Crippen molar-refractivity contribution in [1.29, 1.82) is 0 Å². The molecule has 6 nitrogen and oxygen atoms in total. The number of halogens is 1. The van der Waals surface area contributed by atoms with E-state index in [-0.39, 0.29) is 30.5 Å². The van der Waals surface area contributed by atoms with Crippen LogP contribution in [0.15, 0.2) is 47.3 Å². The molecule has 1 heterocycles. The van der Waals surface area contributed by atoms with Crippen LogP contribution in [0.3, 0.4) is 0 Å². The lowest BCUT2D eigenvalue weighted by Gasteiger charge is -2.21. The maximum atomic E-state index is 13.6. The lowest BCUT2D eigenvalue weighted by molar-refractivity contribution is 0.196. The Morgan fingerprint density at radius 1 is 1.26 bits per heavy atom. The quantitative estimate of drug-likeness (QED) is 0.726. The van der Waals surface area contributed by atoms with Crippen molar-refractivity contribution in [3.63, 3.8) is 0 Å². The highest BCUT2D eigenvalue weighted by atomic mass is 19.1. The summed E-state index contributed by atoms with van der Waals surface area (Å²) in [4.78, 5) is 33.3. The molecule has 0 saturated heterocycles. The highest BCUT2D eigenvalue weighted by molar-refractivity contribution is 5.77. The molecule has 0 atom stereocenters. The van der Waals surface area contributed by atoms with Crippen LogP contribution in [-0.4, -0.2) is 27.4 Å². The van der Waals surface area contributed by atoms with Crippen molar-refractivity contribution < 1.29 is 9.18 Å². The number of nitrogens with one attached hydrogen (secondary N) is 2. The van der Waals surface area contributed by atoms with Gasteiger partial charge in [-0.15, -0.1) is 0 Å². The third-order valence-electron chi connectivity index (χ3n) is 4.35. The van der Waals surface area contributed by atoms with Gasteiger partial charge in [0.15, 0.2) is 0 Å². The van der Waals surface area contributed by atoms with Crippen LogP contribution in [-0.2, 0) is 13.1 Å². The second-order valence-electron chi connectivity index (χ2n) is 6.29. The first-order chi connectivity index (χ1) is 13.0. The van der Waals surface area contributed by atoms with E-state index in [4.69, 9.17) is 0 Å². The fraction of sp³-hybridized carbons (Fsp3) is 0.250. The van der Waals surface area contributed by atoms with E-state index < -0.39 is 0 Å². The molecule has 0 fully saturated rings. The van der Waals surface area contributed by atoms with Gasteiger partial charge in [-0.3, -0.25) is 4.79 Å². The first-order valence-corrected chi connectivity index (χ1v) is 8.73. The number of aryl methyl sites for hydroxylation is 1. The number of hydrogen-bond acceptors (Lipinski definition) is 3. The molecule has 1 aromatic heterocycles. The van der Waals surface area contributed by atoms with Gasteiger partial charge in [0.1, 0.15) is 11.6 Å². The van der Waals surface area contributed by atoms with E-state index in [0.717, 1.165) is 0 Å². The molecule has 0 spiro atoms. The summed E-state index contributed by atoms with van der Waals surface area (Å²) in [7, 11) is 0. The molecule has 0 aliphatic rings. The number of aromatic nitrogens is 2. The zero-order valence-corrected chi connectivity index (χ0v) is 15.3. The minimum Gasteiger partial charge on any atom is -0.334 e. The highest BCUT2D eigenvalue weighted by Crippen LogP contribution is 2.10. The fourth-order valence-corrected chi connectivity index (χ4v) is 2.75. The van der Waals surface area contributed by atoms with Crippen LogP contribution in [0.2, 0.25) is 0 Å². The van der Waals surface area contributed by atoms with Crippen molar-refractivity contribution in [2.45, 2.75) is 26.9 Å². The number of fused-ring (bicyclic) bond motifs is 1. The van der Waals surface area contributed by atoms with Gasteiger partial charge in [-0.25, -0.2) is 14.2 Å². The maximum absolute atomic E-state index is 13.6. The second-order valence-corrected chi connectivity index (χ2v) is 6.29. The number of para-hydroxylation sites is 1. The van der Waals surface area contributed by atoms with E-state index >= 15 is 0 Å². The number of amides is 2. The SMILES string of the molecule is CCN(Cc1nc2ccccc2c(=O)[nH]1)C(=O)NCc1ccc(C)c(F)c1. The molecule has 0 radical (unpaired) electrons. The molecular weight excluding hydrogens is 347 g/mol. The Morgan fingerprint density at radius 3 is 2.78 bits per heavy atom. The van der Waals surface area contributed by atoms with Crippen LogP contribution in [0, 0.1) is 12.7 Å². The third kappa shape index (κ3) is 4.31. The normalized spacial score (nSPS) is 10.8. The molecule has 140 valence electrons. The van der Waals surface area contributed by atoms with Gasteiger partial charge < -0.3 is 15.2 Å². The summed E-state index contributed by atoms with van der Waals surface area (Å²) in [5, 5.41) is 3.28. The molecule has 0 unspecified atom stereocenters. The van der Waals surface area contributed by atoms with E-state index in [1.807, 2.05) is 13.0 Å². The van der Waals surface area contributed by atoms with Gasteiger partial charge in [-0.1, -0.05) is 24.3 Å². The van der Waals surface area contributed by atoms with Crippen LogP contribution in [0.25, 0.3) is 10.9 Å². The molecule has 0 aliphatic carbocycles. The number of H-pyrrole nitrogens is 1. The third-order valence-corrected chi connectivity index (χ3v) is 4.35. The minimum atomic E-state index is -0.311. The van der Waals surface area contributed by atoms with Gasteiger partial charge >= 0.3 is 6.03 Å². The summed E-state index contributed by atoms with van der Waals surface area (Å²) in [6.07, 6.45) is 0. The van der Waals surface area contributed by atoms with E-state index in [0.29, 0.717) is 34.4 Å². The van der Waals surface area contributed by atoms with Crippen LogP contribution in [0.5, 0.6) is 0 Å². The van der Waals surface area contributed by atoms with Crippen molar-refractivity contribution in [1.82, 2.24) is 20.2 Å². The zero-order chi connectivity index (χ0) is 19.4. The van der Waals surface area contributed by atoms with Gasteiger partial charge in [0, 0.05) is 13.1 Å². The van der Waals surface area contributed by atoms with Crippen LogP contribution in [0.4, 0.5) is 9.18 Å². The Balaban J connectivity index is 1.70. The summed E-state index contributed by atoms with van der Waals surface area (Å²) in [5.74, 6) is 0.115. The monoisotopic (exact) mass is 368 g/mol. The Hall–Kier alpha value is -3.22. The van der Waals surface area contributed by atoms with Gasteiger partial charge in [-0.2, -0.15) is 0 Å². The number of carbonyl (C=O) groups excluding carboxylic acids is 1. The molecule has 3 aromatic rings. The first-order valence-electron chi connectivity index (χ1n) is 8.73.